The number of hydrogen-bond acceptors (Lipinski definition) is 7. The highest BCUT2D eigenvalue weighted by Gasteiger charge is 2.21. The summed E-state index contributed by atoms with van der Waals surface area (Å²) in [6.45, 7) is 1.91. The zero-order chi connectivity index (χ0) is 13.1. The molecule has 2 aromatic rings. The lowest BCUT2D eigenvalue weighted by atomic mass is 10.3. The maximum atomic E-state index is 11.9. The molecule has 0 amide bonds. The van der Waals surface area contributed by atoms with Crippen LogP contribution in [0.1, 0.15) is 27.8 Å². The predicted molar refractivity (Wildman–Crippen MR) is 64.4 cm³/mol. The molecule has 94 valence electrons. The van der Waals surface area contributed by atoms with Crippen LogP contribution in [0.25, 0.3) is 0 Å². The van der Waals surface area contributed by atoms with Crippen LogP contribution in [0.4, 0.5) is 5.82 Å². The average Bonchev–Trinajstić information content (AvgIpc) is 2.97. The molecular weight excluding hydrogens is 256 g/mol. The number of carbonyl (C=O) groups excluding carboxylic acids is 2. The molecule has 2 heterocycles. The molecule has 0 aliphatic carbocycles. The second-order valence-electron chi connectivity index (χ2n) is 3.25. The molecular formula is C10H10N4O3S. The van der Waals surface area contributed by atoms with Gasteiger partial charge in [0.15, 0.2) is 0 Å². The second-order valence-corrected chi connectivity index (χ2v) is 3.97. The van der Waals surface area contributed by atoms with Crippen molar-refractivity contribution in [2.75, 3.05) is 12.3 Å². The molecule has 8 heteroatoms. The van der Waals surface area contributed by atoms with Crippen LogP contribution in [0.3, 0.4) is 0 Å². The topological polar surface area (TPSA) is 100 Å². The first-order chi connectivity index (χ1) is 8.65. The van der Waals surface area contributed by atoms with Gasteiger partial charge in [-0.05, 0) is 6.92 Å². The monoisotopic (exact) mass is 266 g/mol. The summed E-state index contributed by atoms with van der Waals surface area (Å²) in [7, 11) is 0. The van der Waals surface area contributed by atoms with Crippen LogP contribution in [-0.2, 0) is 4.74 Å². The number of nitrogen functional groups attached to an aromatic ring is 1. The summed E-state index contributed by atoms with van der Waals surface area (Å²) in [5.74, 6) is -1.14. The van der Waals surface area contributed by atoms with E-state index in [9.17, 15) is 9.59 Å². The fourth-order valence-corrected chi connectivity index (χ4v) is 1.84. The van der Waals surface area contributed by atoms with Gasteiger partial charge < -0.3 is 10.5 Å². The molecule has 18 heavy (non-hydrogen) atoms. The summed E-state index contributed by atoms with van der Waals surface area (Å²) in [5.41, 5.74) is 7.52. The van der Waals surface area contributed by atoms with Crippen LogP contribution < -0.4 is 5.73 Å². The van der Waals surface area contributed by atoms with E-state index in [1.807, 2.05) is 0 Å². The molecule has 0 aromatic carbocycles. The lowest BCUT2D eigenvalue weighted by molar-refractivity contribution is 0.0527. The molecule has 0 aliphatic rings. The van der Waals surface area contributed by atoms with E-state index < -0.39 is 11.9 Å². The molecule has 0 fully saturated rings. The molecule has 0 saturated carbocycles. The van der Waals surface area contributed by atoms with Crippen LogP contribution in [0.15, 0.2) is 17.1 Å². The summed E-state index contributed by atoms with van der Waals surface area (Å²) < 4.78 is 5.73. The summed E-state index contributed by atoms with van der Waals surface area (Å²) in [6, 6.07) is 0. The highest BCUT2D eigenvalue weighted by atomic mass is 32.1. The predicted octanol–water partition coefficient (Wildman–Crippen LogP) is 0.787. The first-order valence-corrected chi connectivity index (χ1v) is 6.03. The quantitative estimate of drug-likeness (QED) is 0.824. The molecule has 0 bridgehead atoms. The van der Waals surface area contributed by atoms with Gasteiger partial charge in [-0.25, -0.2) is 9.78 Å². The number of carbonyl (C=O) groups is 2. The summed E-state index contributed by atoms with van der Waals surface area (Å²) in [6.07, 6.45) is 1.21. The number of nitrogens with two attached hydrogens (primary N) is 1. The van der Waals surface area contributed by atoms with E-state index in [0.717, 1.165) is 4.68 Å². The van der Waals surface area contributed by atoms with E-state index in [-0.39, 0.29) is 23.7 Å². The minimum atomic E-state index is -0.604. The van der Waals surface area contributed by atoms with Gasteiger partial charge in [0.1, 0.15) is 17.1 Å². The van der Waals surface area contributed by atoms with Crippen molar-refractivity contribution in [3.05, 3.63) is 28.3 Å². The SMILES string of the molecule is CCOC(=O)c1cnn(C(=O)c2cscn2)c1N. The number of esters is 1. The lowest BCUT2D eigenvalue weighted by Crippen LogP contribution is -2.17. The molecule has 2 rings (SSSR count). The first-order valence-electron chi connectivity index (χ1n) is 5.08. The van der Waals surface area contributed by atoms with Gasteiger partial charge in [0.25, 0.3) is 5.91 Å². The number of anilines is 1. The van der Waals surface area contributed by atoms with Gasteiger partial charge >= 0.3 is 5.97 Å². The third kappa shape index (κ3) is 2.09. The van der Waals surface area contributed by atoms with Crippen LogP contribution in [0.2, 0.25) is 0 Å². The lowest BCUT2D eigenvalue weighted by Gasteiger charge is -2.02. The number of thiazole rings is 1. The van der Waals surface area contributed by atoms with Crippen LogP contribution in [0, 0.1) is 0 Å². The third-order valence-corrected chi connectivity index (χ3v) is 2.73. The van der Waals surface area contributed by atoms with Gasteiger partial charge in [-0.3, -0.25) is 4.79 Å². The summed E-state index contributed by atoms with van der Waals surface area (Å²) in [5, 5.41) is 5.36. The van der Waals surface area contributed by atoms with E-state index in [1.165, 1.54) is 23.0 Å². The number of rotatable bonds is 3. The fourth-order valence-electron chi connectivity index (χ4n) is 1.31. The molecule has 0 atom stereocenters. The van der Waals surface area contributed by atoms with Gasteiger partial charge in [-0.1, -0.05) is 0 Å². The second kappa shape index (κ2) is 4.96. The van der Waals surface area contributed by atoms with Gasteiger partial charge in [0.05, 0.1) is 18.3 Å². The molecule has 0 unspecified atom stereocenters. The van der Waals surface area contributed by atoms with Crippen molar-refractivity contribution in [2.24, 2.45) is 0 Å². The molecule has 7 nitrogen and oxygen atoms in total. The van der Waals surface area contributed by atoms with Crippen molar-refractivity contribution in [3.63, 3.8) is 0 Å². The number of ether oxygens (including phenoxy) is 1. The highest BCUT2D eigenvalue weighted by molar-refractivity contribution is 7.07. The minimum absolute atomic E-state index is 0.0496. The van der Waals surface area contributed by atoms with Gasteiger partial charge in [0, 0.05) is 5.38 Å². The van der Waals surface area contributed by atoms with Crippen molar-refractivity contribution in [1.29, 1.82) is 0 Å². The van der Waals surface area contributed by atoms with Crippen LogP contribution in [-0.4, -0.2) is 33.2 Å². The molecule has 2 aromatic heterocycles. The standard InChI is InChI=1S/C10H10N4O3S/c1-2-17-10(16)6-3-13-14(8(6)11)9(15)7-4-18-5-12-7/h3-5H,2,11H2,1H3. The minimum Gasteiger partial charge on any atom is -0.462 e. The van der Waals surface area contributed by atoms with E-state index in [1.54, 1.807) is 12.3 Å². The van der Waals surface area contributed by atoms with Crippen molar-refractivity contribution >= 4 is 29.0 Å². The molecule has 0 spiro atoms. The highest BCUT2D eigenvalue weighted by Crippen LogP contribution is 2.14. The molecule has 2 N–H and O–H groups in total. The number of aromatic nitrogens is 3. The Labute approximate surface area is 106 Å². The first kappa shape index (κ1) is 12.2. The van der Waals surface area contributed by atoms with Gasteiger partial charge in [-0.15, -0.1) is 11.3 Å². The van der Waals surface area contributed by atoms with Gasteiger partial charge in [-0.2, -0.15) is 9.78 Å². The van der Waals surface area contributed by atoms with Crippen molar-refractivity contribution in [3.8, 4) is 0 Å². The Morgan fingerprint density at radius 3 is 2.94 bits per heavy atom. The normalized spacial score (nSPS) is 10.3. The molecule has 0 saturated heterocycles. The van der Waals surface area contributed by atoms with Crippen molar-refractivity contribution < 1.29 is 14.3 Å². The zero-order valence-corrected chi connectivity index (χ0v) is 10.3. The maximum absolute atomic E-state index is 11.9. The van der Waals surface area contributed by atoms with E-state index in [4.69, 9.17) is 10.5 Å². The number of nitrogens with zero attached hydrogens (tertiary/aromatic N) is 3. The zero-order valence-electron chi connectivity index (χ0n) is 9.49. The Morgan fingerprint density at radius 1 is 1.56 bits per heavy atom. The van der Waals surface area contributed by atoms with Crippen molar-refractivity contribution in [1.82, 2.24) is 14.8 Å². The maximum Gasteiger partial charge on any atom is 0.343 e. The van der Waals surface area contributed by atoms with Crippen molar-refractivity contribution in [2.45, 2.75) is 6.92 Å². The molecule has 0 aliphatic heterocycles. The average molecular weight is 266 g/mol. The Hall–Kier alpha value is -2.22. The van der Waals surface area contributed by atoms with Crippen LogP contribution in [0.5, 0.6) is 0 Å². The van der Waals surface area contributed by atoms with Crippen LogP contribution >= 0.6 is 11.3 Å². The number of hydrogen-bond donors (Lipinski definition) is 1. The summed E-state index contributed by atoms with van der Waals surface area (Å²) >= 11 is 1.28. The Bertz CT molecular complexity index is 576. The Balaban J connectivity index is 2.31. The van der Waals surface area contributed by atoms with E-state index >= 15 is 0 Å². The Morgan fingerprint density at radius 2 is 2.33 bits per heavy atom. The fraction of sp³-hybridized carbons (Fsp3) is 0.200. The Kier molecular flexibility index (Phi) is 3.38. The molecule has 0 radical (unpaired) electrons. The third-order valence-electron chi connectivity index (χ3n) is 2.15. The van der Waals surface area contributed by atoms with Gasteiger partial charge in [0.2, 0.25) is 0 Å². The summed E-state index contributed by atoms with van der Waals surface area (Å²) in [4.78, 5) is 27.3. The van der Waals surface area contributed by atoms with E-state index in [0.29, 0.717) is 0 Å². The van der Waals surface area contributed by atoms with E-state index in [2.05, 4.69) is 10.1 Å². The largest absolute Gasteiger partial charge is 0.462 e. The smallest absolute Gasteiger partial charge is 0.343 e.